The zero-order valence-corrected chi connectivity index (χ0v) is 17.8. The largest absolute Gasteiger partial charge is 0.489 e. The Hall–Kier alpha value is -2.82. The van der Waals surface area contributed by atoms with Gasteiger partial charge in [-0.3, -0.25) is 9.59 Å². The van der Waals surface area contributed by atoms with Crippen molar-refractivity contribution in [1.29, 1.82) is 0 Å². The van der Waals surface area contributed by atoms with Crippen LogP contribution in [-0.4, -0.2) is 29.8 Å². The van der Waals surface area contributed by atoms with Crippen molar-refractivity contribution in [3.05, 3.63) is 59.2 Å². The number of nitrogens with one attached hydrogen (secondary N) is 1. The van der Waals surface area contributed by atoms with Crippen LogP contribution in [0.25, 0.3) is 0 Å². The van der Waals surface area contributed by atoms with Gasteiger partial charge < -0.3 is 15.0 Å². The lowest BCUT2D eigenvalue weighted by molar-refractivity contribution is -0.135. The zero-order valence-electron chi connectivity index (χ0n) is 17.8. The van der Waals surface area contributed by atoms with Crippen LogP contribution >= 0.6 is 0 Å². The molecule has 1 aliphatic heterocycles. The van der Waals surface area contributed by atoms with Crippen molar-refractivity contribution in [1.82, 2.24) is 4.90 Å². The van der Waals surface area contributed by atoms with E-state index in [-0.39, 0.29) is 23.7 Å². The number of amides is 2. The third kappa shape index (κ3) is 5.02. The molecule has 1 heterocycles. The Balaban J connectivity index is 1.33. The van der Waals surface area contributed by atoms with Crippen molar-refractivity contribution < 1.29 is 14.3 Å². The molecule has 0 aromatic heterocycles. The van der Waals surface area contributed by atoms with Gasteiger partial charge in [-0.2, -0.15) is 0 Å². The van der Waals surface area contributed by atoms with Gasteiger partial charge in [-0.1, -0.05) is 29.8 Å². The molecule has 1 saturated heterocycles. The predicted octanol–water partition coefficient (Wildman–Crippen LogP) is 4.47. The van der Waals surface area contributed by atoms with Crippen molar-refractivity contribution in [2.24, 2.45) is 11.8 Å². The first-order valence-corrected chi connectivity index (χ1v) is 10.9. The summed E-state index contributed by atoms with van der Waals surface area (Å²) in [4.78, 5) is 27.1. The maximum absolute atomic E-state index is 12.8. The van der Waals surface area contributed by atoms with Crippen molar-refractivity contribution in [2.45, 2.75) is 46.1 Å². The van der Waals surface area contributed by atoms with Gasteiger partial charge in [0.1, 0.15) is 12.4 Å². The SMILES string of the molecule is Cc1cccc(COc2ccc(NC(=O)C3CCCN(C(=O)C4CC4)C3)c(C)c2)c1. The number of benzene rings is 2. The number of likely N-dealkylation sites (tertiary alicyclic amines) is 1. The van der Waals surface area contributed by atoms with Crippen molar-refractivity contribution >= 4 is 17.5 Å². The maximum Gasteiger partial charge on any atom is 0.229 e. The fraction of sp³-hybridized carbons (Fsp3) is 0.440. The van der Waals surface area contributed by atoms with Gasteiger partial charge in [0, 0.05) is 24.7 Å². The molecule has 30 heavy (non-hydrogen) atoms. The van der Waals surface area contributed by atoms with Gasteiger partial charge in [-0.05, 0) is 68.9 Å². The average Bonchev–Trinajstić information content (AvgIpc) is 3.59. The molecule has 2 amide bonds. The van der Waals surface area contributed by atoms with E-state index in [0.717, 1.165) is 54.8 Å². The smallest absolute Gasteiger partial charge is 0.229 e. The van der Waals surface area contributed by atoms with Crippen LogP contribution in [0, 0.1) is 25.7 Å². The molecule has 158 valence electrons. The molecule has 1 saturated carbocycles. The summed E-state index contributed by atoms with van der Waals surface area (Å²) < 4.78 is 5.92. The number of aryl methyl sites for hydroxylation is 2. The summed E-state index contributed by atoms with van der Waals surface area (Å²) in [5.74, 6) is 1.09. The lowest BCUT2D eigenvalue weighted by Crippen LogP contribution is -2.44. The van der Waals surface area contributed by atoms with Gasteiger partial charge in [0.2, 0.25) is 11.8 Å². The molecule has 1 aliphatic carbocycles. The van der Waals surface area contributed by atoms with Crippen molar-refractivity contribution in [3.8, 4) is 5.75 Å². The lowest BCUT2D eigenvalue weighted by atomic mass is 9.96. The van der Waals surface area contributed by atoms with Crippen molar-refractivity contribution in [3.63, 3.8) is 0 Å². The molecule has 0 spiro atoms. The number of hydrogen-bond donors (Lipinski definition) is 1. The fourth-order valence-corrected chi connectivity index (χ4v) is 4.05. The summed E-state index contributed by atoms with van der Waals surface area (Å²) in [5, 5.41) is 3.06. The first-order chi connectivity index (χ1) is 14.5. The number of nitrogens with zero attached hydrogens (tertiary/aromatic N) is 1. The molecule has 2 fully saturated rings. The van der Waals surface area contributed by atoms with E-state index < -0.39 is 0 Å². The summed E-state index contributed by atoms with van der Waals surface area (Å²) in [5.41, 5.74) is 4.11. The van der Waals surface area contributed by atoms with Gasteiger partial charge in [-0.15, -0.1) is 0 Å². The van der Waals surface area contributed by atoms with E-state index in [1.165, 1.54) is 5.56 Å². The fourth-order valence-electron chi connectivity index (χ4n) is 4.05. The predicted molar refractivity (Wildman–Crippen MR) is 117 cm³/mol. The summed E-state index contributed by atoms with van der Waals surface area (Å²) in [6.45, 7) is 5.88. The van der Waals surface area contributed by atoms with Gasteiger partial charge in [0.05, 0.1) is 5.92 Å². The van der Waals surface area contributed by atoms with Gasteiger partial charge >= 0.3 is 0 Å². The van der Waals surface area contributed by atoms with Crippen LogP contribution in [-0.2, 0) is 16.2 Å². The molecular formula is C25H30N2O3. The molecule has 0 radical (unpaired) electrons. The minimum atomic E-state index is -0.141. The third-order valence-electron chi connectivity index (χ3n) is 5.97. The third-order valence-corrected chi connectivity index (χ3v) is 5.97. The second-order valence-corrected chi connectivity index (χ2v) is 8.64. The summed E-state index contributed by atoms with van der Waals surface area (Å²) in [6, 6.07) is 14.0. The highest BCUT2D eigenvalue weighted by molar-refractivity contribution is 5.94. The van der Waals surface area contributed by atoms with Crippen LogP contribution in [0.3, 0.4) is 0 Å². The van der Waals surface area contributed by atoms with E-state index in [2.05, 4.69) is 30.4 Å². The van der Waals surface area contributed by atoms with Crippen LogP contribution < -0.4 is 10.1 Å². The van der Waals surface area contributed by atoms with E-state index in [1.807, 2.05) is 36.1 Å². The Morgan fingerprint density at radius 1 is 1.07 bits per heavy atom. The summed E-state index contributed by atoms with van der Waals surface area (Å²) in [6.07, 6.45) is 3.73. The van der Waals surface area contributed by atoms with E-state index in [1.54, 1.807) is 0 Å². The van der Waals surface area contributed by atoms with E-state index in [0.29, 0.717) is 13.2 Å². The molecule has 2 aromatic rings. The molecule has 5 nitrogen and oxygen atoms in total. The van der Waals surface area contributed by atoms with Crippen LogP contribution in [0.5, 0.6) is 5.75 Å². The van der Waals surface area contributed by atoms with E-state index in [4.69, 9.17) is 4.74 Å². The van der Waals surface area contributed by atoms with Crippen LogP contribution in [0.4, 0.5) is 5.69 Å². The standard InChI is InChI=1S/C25H30N2O3/c1-17-5-3-6-19(13-17)16-30-22-10-11-23(18(2)14-22)26-24(28)21-7-4-12-27(15-21)25(29)20-8-9-20/h3,5-6,10-11,13-14,20-21H,4,7-9,12,15-16H2,1-2H3,(H,26,28). The number of piperidine rings is 1. The molecule has 0 bridgehead atoms. The van der Waals surface area contributed by atoms with Crippen molar-refractivity contribution in [2.75, 3.05) is 18.4 Å². The van der Waals surface area contributed by atoms with Crippen LogP contribution in [0.1, 0.15) is 42.4 Å². The minimum absolute atomic E-state index is 0.000161. The molecular weight excluding hydrogens is 376 g/mol. The van der Waals surface area contributed by atoms with E-state index in [9.17, 15) is 9.59 Å². The quantitative estimate of drug-likeness (QED) is 0.770. The second-order valence-electron chi connectivity index (χ2n) is 8.64. The second kappa shape index (κ2) is 8.90. The highest BCUT2D eigenvalue weighted by Crippen LogP contribution is 2.33. The van der Waals surface area contributed by atoms with Gasteiger partial charge in [-0.25, -0.2) is 0 Å². The molecule has 1 atom stereocenters. The molecule has 2 aliphatic rings. The topological polar surface area (TPSA) is 58.6 Å². The Bertz CT molecular complexity index is 936. The zero-order chi connectivity index (χ0) is 21.1. The highest BCUT2D eigenvalue weighted by Gasteiger charge is 2.36. The minimum Gasteiger partial charge on any atom is -0.489 e. The van der Waals surface area contributed by atoms with Crippen LogP contribution in [0.2, 0.25) is 0 Å². The normalized spacial score (nSPS) is 18.7. The molecule has 1 N–H and O–H groups in total. The van der Waals surface area contributed by atoms with Gasteiger partial charge in [0.25, 0.3) is 0 Å². The number of carbonyl (C=O) groups is 2. The monoisotopic (exact) mass is 406 g/mol. The Kier molecular flexibility index (Phi) is 6.07. The number of hydrogen-bond acceptors (Lipinski definition) is 3. The number of rotatable bonds is 6. The Labute approximate surface area is 178 Å². The molecule has 4 rings (SSSR count). The van der Waals surface area contributed by atoms with Crippen LogP contribution in [0.15, 0.2) is 42.5 Å². The Morgan fingerprint density at radius 2 is 1.90 bits per heavy atom. The maximum atomic E-state index is 12.8. The lowest BCUT2D eigenvalue weighted by Gasteiger charge is -2.32. The van der Waals surface area contributed by atoms with Gasteiger partial charge in [0.15, 0.2) is 0 Å². The summed E-state index contributed by atoms with van der Waals surface area (Å²) in [7, 11) is 0. The first kappa shape index (κ1) is 20.5. The highest BCUT2D eigenvalue weighted by atomic mass is 16.5. The number of carbonyl (C=O) groups excluding carboxylic acids is 2. The van der Waals surface area contributed by atoms with E-state index >= 15 is 0 Å². The molecule has 2 aromatic carbocycles. The molecule has 1 unspecified atom stereocenters. The number of ether oxygens (including phenoxy) is 1. The average molecular weight is 407 g/mol. The number of anilines is 1. The molecule has 5 heteroatoms. The summed E-state index contributed by atoms with van der Waals surface area (Å²) >= 11 is 0. The Morgan fingerprint density at radius 3 is 2.63 bits per heavy atom. The first-order valence-electron chi connectivity index (χ1n) is 10.9.